The Morgan fingerprint density at radius 2 is 0.699 bits per heavy atom. The molecule has 0 aliphatic rings. The fourth-order valence-electron chi connectivity index (χ4n) is 5.24. The number of ketones is 4. The topological polar surface area (TPSA) is 193 Å². The number of aliphatic hydroxyl groups excluding tert-OH is 2. The molecule has 2 radical (unpaired) electrons. The molecule has 11 nitrogen and oxygen atoms in total. The summed E-state index contributed by atoms with van der Waals surface area (Å²) < 4.78 is 0. The van der Waals surface area contributed by atoms with Gasteiger partial charge in [-0.15, -0.1) is 108 Å². The third-order valence-electron chi connectivity index (χ3n) is 7.92. The molecule has 0 unspecified atom stereocenters. The molecule has 4 aromatic heterocycles. The number of rotatable bonds is 8. The van der Waals surface area contributed by atoms with Crippen LogP contribution in [0.2, 0.25) is 0 Å². The molecule has 5 N–H and O–H groups in total. The minimum absolute atomic E-state index is 0. The summed E-state index contributed by atoms with van der Waals surface area (Å²) >= 11 is 0. The standard InChI is InChI=1S/C11H9N.3C11H8N.2C5H8O2.C5H7O2.3Ir.H2O.H/c4*1-2-6-10(7-3-1)11-8-4-5-9-12-11;3*1-4(6)3-5(2)7;;;;;/h1-9H;3*1-6,8-9H;2*3,6H,1-2H3;3H,1-2H3;;;;1H2;/q;3*-1;;;-1;;;+3;;-1/p+1/i;;;;;;;;;;;1+2. The summed E-state index contributed by atoms with van der Waals surface area (Å²) in [5.41, 5.74) is 8.22. The minimum Gasteiger partial charge on any atom is -1.00 e. The molecule has 14 heteroatoms. The van der Waals surface area contributed by atoms with Crippen LogP contribution in [-0.2, 0) is 85.0 Å². The number of Topliss-reactive ketones (excluding diaryl/α,β-unsaturated/α-hetero) is 2. The zero-order valence-electron chi connectivity index (χ0n) is 42.2. The zero-order chi connectivity index (χ0) is 50.5. The second kappa shape index (κ2) is 43.8. The number of hydrogen-bond donors (Lipinski definition) is 2. The van der Waals surface area contributed by atoms with Crippen molar-refractivity contribution in [3.8, 4) is 45.0 Å². The largest absolute Gasteiger partial charge is 3.00 e. The van der Waals surface area contributed by atoms with Crippen molar-refractivity contribution in [2.75, 3.05) is 0 Å². The molecule has 0 amide bonds. The van der Waals surface area contributed by atoms with Crippen molar-refractivity contribution in [3.05, 3.63) is 249 Å². The van der Waals surface area contributed by atoms with E-state index in [2.05, 4.69) is 50.3 Å². The molecular weight excluding hydrogens is 1450 g/mol. The summed E-state index contributed by atoms with van der Waals surface area (Å²) in [4.78, 5) is 56.9. The summed E-state index contributed by atoms with van der Waals surface area (Å²) in [7, 11) is 0. The van der Waals surface area contributed by atoms with Gasteiger partial charge in [0.05, 0.1) is 17.2 Å². The Hall–Kier alpha value is -6.98. The van der Waals surface area contributed by atoms with E-state index in [-0.39, 0.29) is 102 Å². The summed E-state index contributed by atoms with van der Waals surface area (Å²) in [6, 6.07) is 66.5. The number of carbonyl (C=O) groups excluding carboxylic acids is 4. The summed E-state index contributed by atoms with van der Waals surface area (Å²) in [5, 5.41) is 16.7. The first-order chi connectivity index (χ1) is 33.2. The molecule has 0 atom stereocenters. The molecule has 0 saturated heterocycles. The molecule has 0 bridgehead atoms. The van der Waals surface area contributed by atoms with Crippen LogP contribution in [0.4, 0.5) is 0 Å². The van der Waals surface area contributed by atoms with E-state index in [4.69, 9.17) is 10.2 Å². The molecule has 0 aliphatic carbocycles. The normalized spacial score (nSPS) is 9.29. The van der Waals surface area contributed by atoms with Gasteiger partial charge in [-0.05, 0) is 89.0 Å². The van der Waals surface area contributed by atoms with Crippen molar-refractivity contribution >= 4 is 23.1 Å². The van der Waals surface area contributed by atoms with Crippen molar-refractivity contribution in [3.63, 3.8) is 0 Å². The number of allylic oxidation sites excluding steroid dienone is 4. The number of aliphatic hydroxyl groups is 2. The van der Waals surface area contributed by atoms with Crippen LogP contribution in [0.1, 0.15) is 43.0 Å². The second-order valence-electron chi connectivity index (χ2n) is 14.2. The molecule has 4 heterocycles. The first-order valence-electron chi connectivity index (χ1n) is 21.5. The Labute approximate surface area is 471 Å². The van der Waals surface area contributed by atoms with Crippen molar-refractivity contribution in [2.24, 2.45) is 0 Å². The first-order valence-corrected chi connectivity index (χ1v) is 21.5. The van der Waals surface area contributed by atoms with Crippen LogP contribution in [0.5, 0.6) is 0 Å². The average Bonchev–Trinajstić information content (AvgIpc) is 3.36. The smallest absolute Gasteiger partial charge is 1.00 e. The van der Waals surface area contributed by atoms with E-state index in [0.717, 1.165) is 51.5 Å². The van der Waals surface area contributed by atoms with Gasteiger partial charge in [-0.25, -0.2) is 0 Å². The third kappa shape index (κ3) is 35.7. The van der Waals surface area contributed by atoms with E-state index in [0.29, 0.717) is 0 Å². The molecule has 4 aromatic carbocycles. The van der Waals surface area contributed by atoms with E-state index in [1.54, 1.807) is 18.6 Å². The van der Waals surface area contributed by atoms with Gasteiger partial charge >= 0.3 is 20.1 Å². The van der Waals surface area contributed by atoms with Crippen LogP contribution in [0.25, 0.3) is 45.0 Å². The van der Waals surface area contributed by atoms with E-state index >= 15 is 0 Å². The Kier molecular flexibility index (Phi) is 42.1. The van der Waals surface area contributed by atoms with Crippen LogP contribution in [0.3, 0.4) is 0 Å². The van der Waals surface area contributed by atoms with Gasteiger partial charge in [-0.2, -0.15) is 0 Å². The van der Waals surface area contributed by atoms with Crippen LogP contribution < -0.4 is 0 Å². The number of benzene rings is 4. The second-order valence-corrected chi connectivity index (χ2v) is 14.2. The Morgan fingerprint density at radius 1 is 0.425 bits per heavy atom. The van der Waals surface area contributed by atoms with Gasteiger partial charge in [0.1, 0.15) is 0 Å². The first kappa shape index (κ1) is 70.3. The van der Waals surface area contributed by atoms with Crippen molar-refractivity contribution < 1.29 is 96.6 Å². The summed E-state index contributed by atoms with van der Waals surface area (Å²) in [5.74, 6) is -0.500. The monoisotopic (exact) mass is 1520 g/mol. The van der Waals surface area contributed by atoms with Crippen molar-refractivity contribution in [2.45, 2.75) is 41.5 Å². The molecule has 386 valence electrons. The quantitative estimate of drug-likeness (QED) is 0.0486. The Morgan fingerprint density at radius 3 is 0.890 bits per heavy atom. The molecule has 0 aliphatic heterocycles. The maximum atomic E-state index is 10.0. The van der Waals surface area contributed by atoms with Gasteiger partial charge in [0.2, 0.25) is 0 Å². The van der Waals surface area contributed by atoms with Crippen LogP contribution in [0, 0.1) is 24.6 Å². The van der Waals surface area contributed by atoms with Crippen molar-refractivity contribution in [1.29, 1.82) is 0 Å². The SMILES string of the molecule is CC(=O)C=C(C)O.CC(=O)C=C(C)O.CC(=O)[CH-]C(C)=O.[3H-].[Ir+3].[Ir].[Ir].[OH3+].[c-]1ccccc1-c1ccccn1.[c-]1ccccc1-c1ccccn1.[c-]1ccccc1-c1ccccn1.c1ccc(-c2ccccn2)cc1. The van der Waals surface area contributed by atoms with Gasteiger partial charge in [0, 0.05) is 94.3 Å². The van der Waals surface area contributed by atoms with Crippen molar-refractivity contribution in [1.82, 2.24) is 19.9 Å². The van der Waals surface area contributed by atoms with E-state index in [9.17, 15) is 19.2 Å². The van der Waals surface area contributed by atoms with Gasteiger partial charge in [0.15, 0.2) is 11.6 Å². The maximum absolute atomic E-state index is 10.0. The van der Waals surface area contributed by atoms with Gasteiger partial charge in [0.25, 0.3) is 0 Å². The third-order valence-corrected chi connectivity index (χ3v) is 7.92. The maximum Gasteiger partial charge on any atom is 3.00 e. The molecule has 0 fully saturated rings. The van der Waals surface area contributed by atoms with Crippen LogP contribution in [0.15, 0.2) is 224 Å². The predicted octanol–water partition coefficient (Wildman–Crippen LogP) is 12.0. The van der Waals surface area contributed by atoms with E-state index in [1.165, 1.54) is 53.7 Å². The molecule has 73 heavy (non-hydrogen) atoms. The number of hydrogen-bond acceptors (Lipinski definition) is 10. The molecule has 8 aromatic rings. The minimum atomic E-state index is -0.187. The predicted molar refractivity (Wildman–Crippen MR) is 281 cm³/mol. The van der Waals surface area contributed by atoms with Crippen LogP contribution in [-0.4, -0.2) is 53.3 Å². The Bertz CT molecular complexity index is 2220. The van der Waals surface area contributed by atoms with E-state index < -0.39 is 0 Å². The summed E-state index contributed by atoms with van der Waals surface area (Å²) in [6.45, 7) is 8.39. The summed E-state index contributed by atoms with van der Waals surface area (Å²) in [6.07, 6.45) is 10.6. The zero-order valence-corrected chi connectivity index (χ0v) is 48.4. The average molecular weight is 1520 g/mol. The van der Waals surface area contributed by atoms with Gasteiger partial charge < -0.3 is 41.7 Å². The number of aromatic nitrogens is 4. The van der Waals surface area contributed by atoms with Gasteiger partial charge in [-0.1, -0.05) is 72.8 Å². The van der Waals surface area contributed by atoms with E-state index in [1.807, 2.05) is 170 Å². The fraction of sp³-hybridized carbons (Fsp3) is 0.102. The molecule has 0 spiro atoms. The fourth-order valence-corrected chi connectivity index (χ4v) is 5.24. The Balaban J connectivity index is -0.000000388. The number of pyridine rings is 4. The number of nitrogens with zero attached hydrogens (tertiary/aromatic N) is 4. The van der Waals surface area contributed by atoms with Gasteiger partial charge in [-0.3, -0.25) is 21.0 Å². The van der Waals surface area contributed by atoms with Crippen LogP contribution >= 0.6 is 0 Å². The molecule has 8 rings (SSSR count). The molecular formula is C59H60Ir3N4O7-. The molecule has 0 saturated carbocycles. The number of carbonyl (C=O) groups is 4.